The van der Waals surface area contributed by atoms with Crippen LogP contribution in [-0.4, -0.2) is 58.1 Å². The Bertz CT molecular complexity index is 126. The second-order valence-corrected chi connectivity index (χ2v) is 2.60. The van der Waals surface area contributed by atoms with Crippen LogP contribution in [0.2, 0.25) is 0 Å². The van der Waals surface area contributed by atoms with Crippen LogP contribution in [0.3, 0.4) is 0 Å². The highest BCUT2D eigenvalue weighted by Gasteiger charge is 2.36. The van der Waals surface area contributed by atoms with E-state index in [0.29, 0.717) is 0 Å². The zero-order chi connectivity index (χ0) is 8.43. The molecular formula is C6H12O5. The van der Waals surface area contributed by atoms with Gasteiger partial charge in [-0.2, -0.15) is 0 Å². The first-order valence-electron chi connectivity index (χ1n) is 3.43. The maximum Gasteiger partial charge on any atom is 0.111 e. The molecule has 5 nitrogen and oxygen atoms in total. The van der Waals surface area contributed by atoms with Crippen molar-refractivity contribution in [2.24, 2.45) is 0 Å². The molecular weight excluding hydrogens is 152 g/mol. The minimum atomic E-state index is -1.22. The first-order valence-corrected chi connectivity index (χ1v) is 3.43. The van der Waals surface area contributed by atoms with Crippen LogP contribution < -0.4 is 0 Å². The second kappa shape index (κ2) is 3.46. The number of aliphatic hydroxyl groups is 4. The number of hydrogen-bond donors (Lipinski definition) is 4. The molecule has 1 heterocycles. The fourth-order valence-corrected chi connectivity index (χ4v) is 1.03. The molecule has 0 aliphatic carbocycles. The van der Waals surface area contributed by atoms with E-state index in [0.717, 1.165) is 0 Å². The van der Waals surface area contributed by atoms with Crippen LogP contribution in [-0.2, 0) is 4.74 Å². The quantitative estimate of drug-likeness (QED) is 0.343. The van der Waals surface area contributed by atoms with Crippen LogP contribution in [0.4, 0.5) is 0 Å². The van der Waals surface area contributed by atoms with Gasteiger partial charge in [-0.15, -0.1) is 0 Å². The molecule has 0 unspecified atom stereocenters. The van der Waals surface area contributed by atoms with Crippen LogP contribution in [0.15, 0.2) is 0 Å². The van der Waals surface area contributed by atoms with Crippen LogP contribution in [0, 0.1) is 0 Å². The predicted molar refractivity (Wildman–Crippen MR) is 34.8 cm³/mol. The van der Waals surface area contributed by atoms with Gasteiger partial charge < -0.3 is 25.2 Å². The summed E-state index contributed by atoms with van der Waals surface area (Å²) < 4.78 is 4.81. The summed E-state index contributed by atoms with van der Waals surface area (Å²) in [6, 6.07) is 0. The lowest BCUT2D eigenvalue weighted by Crippen LogP contribution is -2.53. The zero-order valence-corrected chi connectivity index (χ0v) is 5.92. The van der Waals surface area contributed by atoms with E-state index in [9.17, 15) is 0 Å². The Morgan fingerprint density at radius 1 is 1.18 bits per heavy atom. The molecule has 1 rings (SSSR count). The first-order chi connectivity index (χ1) is 5.16. The summed E-state index contributed by atoms with van der Waals surface area (Å²) in [7, 11) is 0. The third kappa shape index (κ3) is 1.69. The van der Waals surface area contributed by atoms with Gasteiger partial charge in [0.25, 0.3) is 0 Å². The molecule has 4 atom stereocenters. The van der Waals surface area contributed by atoms with Gasteiger partial charge in [0, 0.05) is 0 Å². The summed E-state index contributed by atoms with van der Waals surface area (Å²) in [5, 5.41) is 35.7. The molecule has 0 bridgehead atoms. The molecule has 4 N–H and O–H groups in total. The second-order valence-electron chi connectivity index (χ2n) is 2.60. The van der Waals surface area contributed by atoms with Crippen LogP contribution in [0.5, 0.6) is 0 Å². The molecule has 0 radical (unpaired) electrons. The Morgan fingerprint density at radius 3 is 2.36 bits per heavy atom. The first kappa shape index (κ1) is 8.89. The molecule has 1 fully saturated rings. The van der Waals surface area contributed by atoms with Crippen molar-refractivity contribution in [2.45, 2.75) is 24.4 Å². The van der Waals surface area contributed by atoms with Gasteiger partial charge in [0.05, 0.1) is 13.2 Å². The highest BCUT2D eigenvalue weighted by molar-refractivity contribution is 4.85. The average molecular weight is 164 g/mol. The van der Waals surface area contributed by atoms with Gasteiger partial charge in [-0.25, -0.2) is 0 Å². The maximum atomic E-state index is 9.11. The molecule has 0 spiro atoms. The van der Waals surface area contributed by atoms with Gasteiger partial charge in [0.15, 0.2) is 0 Å². The van der Waals surface area contributed by atoms with E-state index in [-0.39, 0.29) is 13.2 Å². The van der Waals surface area contributed by atoms with Gasteiger partial charge in [0.1, 0.15) is 24.4 Å². The van der Waals surface area contributed by atoms with Gasteiger partial charge in [-0.3, -0.25) is 0 Å². The fourth-order valence-electron chi connectivity index (χ4n) is 1.03. The van der Waals surface area contributed by atoms with Crippen molar-refractivity contribution in [1.29, 1.82) is 0 Å². The van der Waals surface area contributed by atoms with Crippen molar-refractivity contribution in [3.05, 3.63) is 0 Å². The zero-order valence-electron chi connectivity index (χ0n) is 5.92. The minimum absolute atomic E-state index is 0.0521. The minimum Gasteiger partial charge on any atom is -0.394 e. The molecule has 11 heavy (non-hydrogen) atoms. The lowest BCUT2D eigenvalue weighted by Gasteiger charge is -2.34. The standard InChI is InChI=1S/C6H12O5/c7-1-4-6(10)5(9)3(8)2-11-4/h3-10H,1-2H2/t3-,4+,5+,6-/m0/s1/i2+0. The summed E-state index contributed by atoms with van der Waals surface area (Å²) in [5.74, 6) is 0. The van der Waals surface area contributed by atoms with Gasteiger partial charge in [-0.1, -0.05) is 0 Å². The summed E-state index contributed by atoms with van der Waals surface area (Å²) >= 11 is 0. The van der Waals surface area contributed by atoms with Gasteiger partial charge in [0.2, 0.25) is 0 Å². The van der Waals surface area contributed by atoms with Crippen molar-refractivity contribution in [2.75, 3.05) is 13.2 Å². The number of hydrogen-bond acceptors (Lipinski definition) is 5. The summed E-state index contributed by atoms with van der Waals surface area (Å²) in [6.07, 6.45) is -4.27. The van der Waals surface area contributed by atoms with Crippen LogP contribution >= 0.6 is 0 Å². The Morgan fingerprint density at radius 2 is 1.82 bits per heavy atom. The summed E-state index contributed by atoms with van der Waals surface area (Å²) in [4.78, 5) is 0. The van der Waals surface area contributed by atoms with E-state index in [1.807, 2.05) is 0 Å². The maximum absolute atomic E-state index is 9.11. The van der Waals surface area contributed by atoms with E-state index < -0.39 is 24.4 Å². The largest absolute Gasteiger partial charge is 0.394 e. The Labute approximate surface area is 63.8 Å². The van der Waals surface area contributed by atoms with Crippen molar-refractivity contribution in [3.8, 4) is 0 Å². The fraction of sp³-hybridized carbons (Fsp3) is 1.00. The lowest BCUT2D eigenvalue weighted by atomic mass is 10.0. The Hall–Kier alpha value is -0.200. The SMILES string of the molecule is OC[C@H]1O[12CH2][C@H](O)[C@@H](O)[C@H]1O. The molecule has 0 saturated carbocycles. The van der Waals surface area contributed by atoms with Crippen LogP contribution in [0.1, 0.15) is 0 Å². The van der Waals surface area contributed by atoms with Crippen LogP contribution in [0.25, 0.3) is 0 Å². The third-order valence-electron chi connectivity index (χ3n) is 1.79. The molecule has 0 aromatic carbocycles. The van der Waals surface area contributed by atoms with Crippen molar-refractivity contribution < 1.29 is 25.2 Å². The Balaban J connectivity index is 2.52. The van der Waals surface area contributed by atoms with Crippen molar-refractivity contribution in [1.82, 2.24) is 0 Å². The molecule has 66 valence electrons. The number of ether oxygens (including phenoxy) is 1. The topological polar surface area (TPSA) is 90.2 Å². The third-order valence-corrected chi connectivity index (χ3v) is 1.79. The average Bonchev–Trinajstić information content (AvgIpc) is 2.01. The summed E-state index contributed by atoms with van der Waals surface area (Å²) in [6.45, 7) is -0.408. The summed E-state index contributed by atoms with van der Waals surface area (Å²) in [5.41, 5.74) is 0. The van der Waals surface area contributed by atoms with Gasteiger partial charge >= 0.3 is 0 Å². The van der Waals surface area contributed by atoms with E-state index in [1.54, 1.807) is 0 Å². The van der Waals surface area contributed by atoms with Crippen molar-refractivity contribution >= 4 is 0 Å². The van der Waals surface area contributed by atoms with E-state index in [2.05, 4.69) is 0 Å². The smallest absolute Gasteiger partial charge is 0.111 e. The highest BCUT2D eigenvalue weighted by Crippen LogP contribution is 2.14. The molecule has 0 aromatic rings. The monoisotopic (exact) mass is 164 g/mol. The van der Waals surface area contributed by atoms with Gasteiger partial charge in [-0.05, 0) is 0 Å². The molecule has 1 aliphatic heterocycles. The normalized spacial score (nSPS) is 45.8. The van der Waals surface area contributed by atoms with E-state index in [4.69, 9.17) is 25.2 Å². The molecule has 1 aliphatic rings. The lowest BCUT2D eigenvalue weighted by molar-refractivity contribution is -0.195. The van der Waals surface area contributed by atoms with E-state index >= 15 is 0 Å². The predicted octanol–water partition coefficient (Wildman–Crippen LogP) is -2.54. The molecule has 0 aromatic heterocycles. The Kier molecular flexibility index (Phi) is 2.80. The van der Waals surface area contributed by atoms with Crippen molar-refractivity contribution in [3.63, 3.8) is 0 Å². The number of aliphatic hydroxyl groups excluding tert-OH is 4. The molecule has 1 saturated heterocycles. The highest BCUT2D eigenvalue weighted by atomic mass is 16.5. The molecule has 5 heteroatoms. The number of rotatable bonds is 1. The van der Waals surface area contributed by atoms with E-state index in [1.165, 1.54) is 0 Å². The molecule has 0 amide bonds.